The normalized spacial score (nSPS) is 10.4. The molecule has 2 aromatic carbocycles. The Hall–Kier alpha value is -1.82. The van der Waals surface area contributed by atoms with Gasteiger partial charge >= 0.3 is 0 Å². The third kappa shape index (κ3) is 5.88. The van der Waals surface area contributed by atoms with E-state index < -0.39 is 0 Å². The number of thiocarbonyl (C=S) groups is 1. The summed E-state index contributed by atoms with van der Waals surface area (Å²) in [4.78, 5) is 12.5. The van der Waals surface area contributed by atoms with Crippen LogP contribution >= 0.6 is 35.4 Å². The first kappa shape index (κ1) is 19.5. The molecule has 0 aliphatic heterocycles. The summed E-state index contributed by atoms with van der Waals surface area (Å²) in [5.74, 6) is 0.525. The highest BCUT2D eigenvalue weighted by Crippen LogP contribution is 2.25. The zero-order valence-electron chi connectivity index (χ0n) is 13.8. The van der Waals surface area contributed by atoms with Crippen molar-refractivity contribution in [2.45, 2.75) is 13.8 Å². The molecule has 2 N–H and O–H groups in total. The van der Waals surface area contributed by atoms with Gasteiger partial charge < -0.3 is 10.1 Å². The molecule has 0 atom stereocenters. The molecular formula is C18H18Cl2N2O2S. The van der Waals surface area contributed by atoms with E-state index in [0.717, 1.165) is 0 Å². The van der Waals surface area contributed by atoms with E-state index in [1.54, 1.807) is 36.4 Å². The summed E-state index contributed by atoms with van der Waals surface area (Å²) in [5.41, 5.74) is 1.05. The van der Waals surface area contributed by atoms with Crippen molar-refractivity contribution in [3.05, 3.63) is 58.1 Å². The Morgan fingerprint density at radius 3 is 2.56 bits per heavy atom. The van der Waals surface area contributed by atoms with Gasteiger partial charge in [0.05, 0.1) is 22.2 Å². The molecule has 0 fully saturated rings. The lowest BCUT2D eigenvalue weighted by atomic mass is 10.2. The van der Waals surface area contributed by atoms with Crippen LogP contribution in [0, 0.1) is 5.92 Å². The molecule has 0 aliphatic carbocycles. The molecule has 4 nitrogen and oxygen atoms in total. The Balaban J connectivity index is 2.03. The first-order valence-electron chi connectivity index (χ1n) is 7.66. The first-order valence-corrected chi connectivity index (χ1v) is 8.82. The number of amides is 1. The Bertz CT molecular complexity index is 781. The molecule has 0 spiro atoms. The quantitative estimate of drug-likeness (QED) is 0.685. The molecule has 2 rings (SSSR count). The van der Waals surface area contributed by atoms with E-state index in [2.05, 4.69) is 10.6 Å². The number of hydrogen-bond donors (Lipinski definition) is 2. The minimum Gasteiger partial charge on any atom is -0.492 e. The smallest absolute Gasteiger partial charge is 0.261 e. The van der Waals surface area contributed by atoms with Crippen LogP contribution in [0.5, 0.6) is 5.75 Å². The van der Waals surface area contributed by atoms with Gasteiger partial charge in [0, 0.05) is 5.69 Å². The predicted octanol–water partition coefficient (Wildman–Crippen LogP) is 5.16. The van der Waals surface area contributed by atoms with E-state index in [1.807, 2.05) is 19.9 Å². The van der Waals surface area contributed by atoms with Gasteiger partial charge in [-0.1, -0.05) is 49.2 Å². The number of nitrogens with one attached hydrogen (secondary N) is 2. The highest BCUT2D eigenvalue weighted by molar-refractivity contribution is 7.80. The van der Waals surface area contributed by atoms with Crippen molar-refractivity contribution in [2.75, 3.05) is 11.9 Å². The second-order valence-corrected chi connectivity index (χ2v) is 6.96. The van der Waals surface area contributed by atoms with Gasteiger partial charge in [-0.25, -0.2) is 0 Å². The maximum atomic E-state index is 12.5. The monoisotopic (exact) mass is 396 g/mol. The number of para-hydroxylation sites is 1. The molecule has 132 valence electrons. The van der Waals surface area contributed by atoms with E-state index in [-0.39, 0.29) is 11.0 Å². The van der Waals surface area contributed by atoms with Crippen molar-refractivity contribution < 1.29 is 9.53 Å². The zero-order chi connectivity index (χ0) is 18.4. The first-order chi connectivity index (χ1) is 11.9. The fourth-order valence-electron chi connectivity index (χ4n) is 1.94. The van der Waals surface area contributed by atoms with Gasteiger partial charge in [-0.2, -0.15) is 0 Å². The maximum Gasteiger partial charge on any atom is 0.261 e. The van der Waals surface area contributed by atoms with E-state index >= 15 is 0 Å². The minimum atomic E-state index is -0.350. The molecule has 0 aliphatic rings. The highest BCUT2D eigenvalue weighted by atomic mass is 35.5. The number of halogens is 2. The van der Waals surface area contributed by atoms with Crippen molar-refractivity contribution in [3.63, 3.8) is 0 Å². The van der Waals surface area contributed by atoms with Gasteiger partial charge in [0.2, 0.25) is 0 Å². The molecule has 0 unspecified atom stereocenters. The largest absolute Gasteiger partial charge is 0.492 e. The maximum absolute atomic E-state index is 12.5. The van der Waals surface area contributed by atoms with Crippen LogP contribution < -0.4 is 15.4 Å². The van der Waals surface area contributed by atoms with Crippen molar-refractivity contribution >= 4 is 52.1 Å². The molecule has 0 heterocycles. The fraction of sp³-hybridized carbons (Fsp3) is 0.222. The van der Waals surface area contributed by atoms with Crippen LogP contribution in [0.4, 0.5) is 5.69 Å². The minimum absolute atomic E-state index is 0.155. The number of anilines is 1. The summed E-state index contributed by atoms with van der Waals surface area (Å²) in [6.45, 7) is 4.61. The van der Waals surface area contributed by atoms with Crippen LogP contribution in [0.15, 0.2) is 42.5 Å². The summed E-state index contributed by atoms with van der Waals surface area (Å²) in [6.07, 6.45) is 0. The highest BCUT2D eigenvalue weighted by Gasteiger charge is 2.14. The van der Waals surface area contributed by atoms with Gasteiger partial charge in [0.15, 0.2) is 5.11 Å². The average Bonchev–Trinajstić information content (AvgIpc) is 2.56. The fourth-order valence-corrected chi connectivity index (χ4v) is 2.45. The van der Waals surface area contributed by atoms with Gasteiger partial charge in [-0.15, -0.1) is 0 Å². The van der Waals surface area contributed by atoms with Crippen LogP contribution in [0.2, 0.25) is 10.0 Å². The Labute approximate surface area is 162 Å². The topological polar surface area (TPSA) is 50.4 Å². The Morgan fingerprint density at radius 2 is 1.88 bits per heavy atom. The molecule has 1 amide bonds. The lowest BCUT2D eigenvalue weighted by Gasteiger charge is -2.14. The van der Waals surface area contributed by atoms with Crippen LogP contribution in [-0.4, -0.2) is 17.6 Å². The van der Waals surface area contributed by atoms with Gasteiger partial charge in [-0.3, -0.25) is 10.1 Å². The number of benzene rings is 2. The van der Waals surface area contributed by atoms with E-state index in [9.17, 15) is 4.79 Å². The second kappa shape index (κ2) is 9.04. The van der Waals surface area contributed by atoms with Crippen molar-refractivity contribution in [3.8, 4) is 5.75 Å². The molecule has 0 radical (unpaired) electrons. The third-order valence-corrected chi connectivity index (χ3v) is 4.05. The zero-order valence-corrected chi connectivity index (χ0v) is 16.1. The summed E-state index contributed by atoms with van der Waals surface area (Å²) in [6, 6.07) is 12.0. The summed E-state index contributed by atoms with van der Waals surface area (Å²) in [7, 11) is 0. The third-order valence-electron chi connectivity index (χ3n) is 3.11. The number of carbonyl (C=O) groups is 1. The Kier molecular flexibility index (Phi) is 7.05. The van der Waals surface area contributed by atoms with E-state index in [1.165, 1.54) is 0 Å². The molecule has 0 aromatic heterocycles. The molecular weight excluding hydrogens is 379 g/mol. The summed E-state index contributed by atoms with van der Waals surface area (Å²) < 4.78 is 5.69. The van der Waals surface area contributed by atoms with Crippen LogP contribution in [0.1, 0.15) is 24.2 Å². The van der Waals surface area contributed by atoms with Gasteiger partial charge in [0.25, 0.3) is 5.91 Å². The standard InChI is InChI=1S/C18H18Cl2N2O2S/c1-11(2)10-24-16-6-4-3-5-13(16)17(23)22-18(25)21-12-7-8-14(19)15(20)9-12/h3-9,11H,10H2,1-2H3,(H2,21,22,23,25). The molecule has 2 aromatic rings. The summed E-state index contributed by atoms with van der Waals surface area (Å²) in [5, 5.41) is 6.52. The Morgan fingerprint density at radius 1 is 1.16 bits per heavy atom. The van der Waals surface area contributed by atoms with Crippen LogP contribution in [0.3, 0.4) is 0 Å². The lowest BCUT2D eigenvalue weighted by molar-refractivity contribution is 0.0973. The summed E-state index contributed by atoms with van der Waals surface area (Å²) >= 11 is 17.0. The average molecular weight is 397 g/mol. The van der Waals surface area contributed by atoms with Gasteiger partial charge in [0.1, 0.15) is 5.75 Å². The molecule has 0 bridgehead atoms. The van der Waals surface area contributed by atoms with E-state index in [0.29, 0.717) is 39.6 Å². The predicted molar refractivity (Wildman–Crippen MR) is 107 cm³/mol. The molecule has 0 saturated heterocycles. The lowest BCUT2D eigenvalue weighted by Crippen LogP contribution is -2.34. The number of ether oxygens (including phenoxy) is 1. The molecule has 25 heavy (non-hydrogen) atoms. The molecule has 0 saturated carbocycles. The van der Waals surface area contributed by atoms with Crippen molar-refractivity contribution in [1.29, 1.82) is 0 Å². The second-order valence-electron chi connectivity index (χ2n) is 5.74. The van der Waals surface area contributed by atoms with Crippen LogP contribution in [-0.2, 0) is 0 Å². The van der Waals surface area contributed by atoms with Gasteiger partial charge in [-0.05, 0) is 48.5 Å². The SMILES string of the molecule is CC(C)COc1ccccc1C(=O)NC(=S)Nc1ccc(Cl)c(Cl)c1. The number of rotatable bonds is 5. The number of hydrogen-bond acceptors (Lipinski definition) is 3. The number of carbonyl (C=O) groups excluding carboxylic acids is 1. The van der Waals surface area contributed by atoms with Crippen molar-refractivity contribution in [2.24, 2.45) is 5.92 Å². The van der Waals surface area contributed by atoms with Crippen LogP contribution in [0.25, 0.3) is 0 Å². The molecule has 7 heteroatoms. The van der Waals surface area contributed by atoms with Crippen molar-refractivity contribution in [1.82, 2.24) is 5.32 Å². The van der Waals surface area contributed by atoms with E-state index in [4.69, 9.17) is 40.2 Å².